The summed E-state index contributed by atoms with van der Waals surface area (Å²) in [5.41, 5.74) is 1.24. The van der Waals surface area contributed by atoms with E-state index >= 15 is 0 Å². The Morgan fingerprint density at radius 2 is 1.93 bits per heavy atom. The molecule has 6 heteroatoms. The Hall–Kier alpha value is -2.31. The Labute approximate surface area is 160 Å². The summed E-state index contributed by atoms with van der Waals surface area (Å²) in [7, 11) is 0. The highest BCUT2D eigenvalue weighted by molar-refractivity contribution is 5.77. The molecule has 1 aromatic carbocycles. The van der Waals surface area contributed by atoms with Crippen molar-refractivity contribution in [3.8, 4) is 5.75 Å². The fraction of sp³-hybridized carbons (Fsp3) is 0.476. The van der Waals surface area contributed by atoms with Gasteiger partial charge in [0.05, 0.1) is 19.3 Å². The number of ether oxygens (including phenoxy) is 2. The molecule has 2 aromatic rings. The molecule has 0 bridgehead atoms. The minimum absolute atomic E-state index is 0.00150. The second-order valence-corrected chi connectivity index (χ2v) is 6.70. The molecule has 0 radical (unpaired) electrons. The van der Waals surface area contributed by atoms with Gasteiger partial charge in [0.2, 0.25) is 0 Å². The molecule has 146 valence electrons. The maximum atomic E-state index is 12.3. The summed E-state index contributed by atoms with van der Waals surface area (Å²) < 4.78 is 16.8. The van der Waals surface area contributed by atoms with Gasteiger partial charge in [-0.1, -0.05) is 19.1 Å². The summed E-state index contributed by atoms with van der Waals surface area (Å²) in [6.45, 7) is 7.54. The first-order valence-electron chi connectivity index (χ1n) is 9.52. The van der Waals surface area contributed by atoms with Crippen molar-refractivity contribution in [3.63, 3.8) is 0 Å². The first-order chi connectivity index (χ1) is 13.2. The molecule has 1 aliphatic heterocycles. The molecule has 1 unspecified atom stereocenters. The van der Waals surface area contributed by atoms with Crippen LogP contribution in [0.5, 0.6) is 5.75 Å². The van der Waals surface area contributed by atoms with E-state index in [1.54, 1.807) is 0 Å². The molecule has 1 aliphatic rings. The molecule has 1 fully saturated rings. The fourth-order valence-corrected chi connectivity index (χ4v) is 3.16. The number of carbonyl (C=O) groups is 1. The predicted molar refractivity (Wildman–Crippen MR) is 103 cm³/mol. The second-order valence-electron chi connectivity index (χ2n) is 6.70. The third kappa shape index (κ3) is 5.58. The van der Waals surface area contributed by atoms with Gasteiger partial charge in [-0.15, -0.1) is 0 Å². The van der Waals surface area contributed by atoms with Gasteiger partial charge in [0, 0.05) is 19.6 Å². The van der Waals surface area contributed by atoms with Gasteiger partial charge in [-0.05, 0) is 43.2 Å². The van der Waals surface area contributed by atoms with Gasteiger partial charge in [-0.2, -0.15) is 0 Å². The number of hydrogen-bond acceptors (Lipinski definition) is 5. The summed E-state index contributed by atoms with van der Waals surface area (Å²) in [6.07, 6.45) is 0.982. The number of amides is 1. The van der Waals surface area contributed by atoms with Crippen molar-refractivity contribution >= 4 is 5.91 Å². The molecular formula is C21H28N2O4. The van der Waals surface area contributed by atoms with Crippen LogP contribution >= 0.6 is 0 Å². The van der Waals surface area contributed by atoms with E-state index in [0.717, 1.165) is 31.0 Å². The van der Waals surface area contributed by atoms with Gasteiger partial charge >= 0.3 is 0 Å². The first-order valence-corrected chi connectivity index (χ1v) is 9.52. The topological polar surface area (TPSA) is 63.9 Å². The lowest BCUT2D eigenvalue weighted by molar-refractivity contribution is -0.123. The molecule has 1 aromatic heterocycles. The lowest BCUT2D eigenvalue weighted by Gasteiger charge is -2.33. The molecule has 1 saturated heterocycles. The van der Waals surface area contributed by atoms with Gasteiger partial charge < -0.3 is 19.2 Å². The molecule has 2 heterocycles. The highest BCUT2D eigenvalue weighted by Crippen LogP contribution is 2.23. The summed E-state index contributed by atoms with van der Waals surface area (Å²) >= 11 is 0. The zero-order chi connectivity index (χ0) is 19.1. The average Bonchev–Trinajstić information content (AvgIpc) is 3.13. The average molecular weight is 372 g/mol. The van der Waals surface area contributed by atoms with E-state index in [2.05, 4.69) is 17.1 Å². The zero-order valence-electron chi connectivity index (χ0n) is 16.1. The van der Waals surface area contributed by atoms with Crippen LogP contribution < -0.4 is 10.1 Å². The number of nitrogens with one attached hydrogen (secondary N) is 1. The van der Waals surface area contributed by atoms with Gasteiger partial charge in [-0.25, -0.2) is 0 Å². The summed E-state index contributed by atoms with van der Waals surface area (Å²) in [6, 6.07) is 11.8. The molecule has 27 heavy (non-hydrogen) atoms. The Morgan fingerprint density at radius 1 is 1.19 bits per heavy atom. The Morgan fingerprint density at radius 3 is 2.56 bits per heavy atom. The molecule has 0 saturated carbocycles. The van der Waals surface area contributed by atoms with Crippen LogP contribution in [-0.4, -0.2) is 50.3 Å². The number of aryl methyl sites for hydroxylation is 2. The van der Waals surface area contributed by atoms with Crippen molar-refractivity contribution < 1.29 is 18.7 Å². The third-order valence-electron chi connectivity index (χ3n) is 4.77. The fourth-order valence-electron chi connectivity index (χ4n) is 3.16. The van der Waals surface area contributed by atoms with Crippen molar-refractivity contribution in [2.24, 2.45) is 0 Å². The lowest BCUT2D eigenvalue weighted by Crippen LogP contribution is -2.44. The number of carbonyl (C=O) groups excluding carboxylic acids is 1. The number of benzene rings is 1. The van der Waals surface area contributed by atoms with Crippen molar-refractivity contribution in [2.75, 3.05) is 39.5 Å². The third-order valence-corrected chi connectivity index (χ3v) is 4.77. The maximum Gasteiger partial charge on any atom is 0.258 e. The lowest BCUT2D eigenvalue weighted by atomic mass is 10.1. The van der Waals surface area contributed by atoms with E-state index in [1.165, 1.54) is 5.56 Å². The van der Waals surface area contributed by atoms with E-state index in [9.17, 15) is 4.79 Å². The molecule has 3 rings (SSSR count). The SMILES string of the molecule is CCc1ccc(OCC(=O)NCC(c2ccc(C)o2)N2CCOCC2)cc1. The van der Waals surface area contributed by atoms with Crippen molar-refractivity contribution in [1.29, 1.82) is 0 Å². The van der Waals surface area contributed by atoms with Crippen molar-refractivity contribution in [3.05, 3.63) is 53.5 Å². The van der Waals surface area contributed by atoms with Gasteiger partial charge in [-0.3, -0.25) is 9.69 Å². The quantitative estimate of drug-likeness (QED) is 0.772. The molecule has 0 aliphatic carbocycles. The van der Waals surface area contributed by atoms with E-state index < -0.39 is 0 Å². The Kier molecular flexibility index (Phi) is 6.90. The molecule has 6 nitrogen and oxygen atoms in total. The number of rotatable bonds is 8. The molecular weight excluding hydrogens is 344 g/mol. The van der Waals surface area contributed by atoms with Crippen LogP contribution in [0.15, 0.2) is 40.8 Å². The van der Waals surface area contributed by atoms with Crippen LogP contribution in [0.4, 0.5) is 0 Å². The van der Waals surface area contributed by atoms with Crippen LogP contribution in [-0.2, 0) is 16.0 Å². The minimum Gasteiger partial charge on any atom is -0.484 e. The van der Waals surface area contributed by atoms with Crippen LogP contribution in [0.25, 0.3) is 0 Å². The Balaban J connectivity index is 1.53. The molecule has 1 amide bonds. The van der Waals surface area contributed by atoms with E-state index in [-0.39, 0.29) is 18.6 Å². The summed E-state index contributed by atoms with van der Waals surface area (Å²) in [5.74, 6) is 2.30. The molecule has 1 N–H and O–H groups in total. The van der Waals surface area contributed by atoms with Crippen LogP contribution in [0, 0.1) is 6.92 Å². The number of hydrogen-bond donors (Lipinski definition) is 1. The summed E-state index contributed by atoms with van der Waals surface area (Å²) in [5, 5.41) is 2.97. The zero-order valence-corrected chi connectivity index (χ0v) is 16.1. The number of nitrogens with zero attached hydrogens (tertiary/aromatic N) is 1. The predicted octanol–water partition coefficient (Wildman–Crippen LogP) is 2.72. The van der Waals surface area contributed by atoms with Gasteiger partial charge in [0.1, 0.15) is 17.3 Å². The van der Waals surface area contributed by atoms with Gasteiger partial charge in [0.25, 0.3) is 5.91 Å². The van der Waals surface area contributed by atoms with E-state index in [1.807, 2.05) is 43.3 Å². The largest absolute Gasteiger partial charge is 0.484 e. The smallest absolute Gasteiger partial charge is 0.258 e. The number of furan rings is 1. The molecule has 0 spiro atoms. The van der Waals surface area contributed by atoms with Gasteiger partial charge in [0.15, 0.2) is 6.61 Å². The van der Waals surface area contributed by atoms with E-state index in [0.29, 0.717) is 25.5 Å². The second kappa shape index (κ2) is 9.58. The number of morpholine rings is 1. The summed E-state index contributed by atoms with van der Waals surface area (Å²) in [4.78, 5) is 14.5. The van der Waals surface area contributed by atoms with Crippen LogP contribution in [0.2, 0.25) is 0 Å². The molecule has 1 atom stereocenters. The Bertz CT molecular complexity index is 720. The minimum atomic E-state index is -0.142. The van der Waals surface area contributed by atoms with Crippen molar-refractivity contribution in [2.45, 2.75) is 26.3 Å². The normalized spacial score (nSPS) is 16.1. The van der Waals surface area contributed by atoms with Crippen LogP contribution in [0.3, 0.4) is 0 Å². The highest BCUT2D eigenvalue weighted by atomic mass is 16.5. The maximum absolute atomic E-state index is 12.3. The highest BCUT2D eigenvalue weighted by Gasteiger charge is 2.25. The standard InChI is InChI=1S/C21H28N2O4/c1-3-17-5-7-18(8-6-17)26-15-21(24)22-14-19(20-9-4-16(2)27-20)23-10-12-25-13-11-23/h4-9,19H,3,10-15H2,1-2H3,(H,22,24). The first kappa shape index (κ1) is 19.5. The monoisotopic (exact) mass is 372 g/mol. The van der Waals surface area contributed by atoms with Crippen molar-refractivity contribution in [1.82, 2.24) is 10.2 Å². The van der Waals surface area contributed by atoms with Crippen LogP contribution in [0.1, 0.15) is 30.0 Å². The van der Waals surface area contributed by atoms with E-state index in [4.69, 9.17) is 13.9 Å².